The van der Waals surface area contributed by atoms with Crippen molar-refractivity contribution in [1.29, 1.82) is 0 Å². The van der Waals surface area contributed by atoms with E-state index in [4.69, 9.17) is 4.74 Å². The summed E-state index contributed by atoms with van der Waals surface area (Å²) in [5.41, 5.74) is 1.81. The second kappa shape index (κ2) is 7.36. The van der Waals surface area contributed by atoms with Gasteiger partial charge in [-0.1, -0.05) is 37.8 Å². The first kappa shape index (κ1) is 16.9. The molecule has 0 spiro atoms. The van der Waals surface area contributed by atoms with Crippen LogP contribution in [-0.2, 0) is 6.54 Å². The fourth-order valence-electron chi connectivity index (χ4n) is 4.69. The molecule has 0 radical (unpaired) electrons. The molecule has 136 valence electrons. The summed E-state index contributed by atoms with van der Waals surface area (Å²) in [4.78, 5) is 15.0. The van der Waals surface area contributed by atoms with Gasteiger partial charge in [-0.2, -0.15) is 0 Å². The summed E-state index contributed by atoms with van der Waals surface area (Å²) < 4.78 is 6.12. The number of ether oxygens (including phenoxy) is 1. The zero-order chi connectivity index (χ0) is 17.2. The topological polar surface area (TPSA) is 49.8 Å². The molecule has 4 rings (SSSR count). The zero-order valence-corrected chi connectivity index (χ0v) is 15.0. The summed E-state index contributed by atoms with van der Waals surface area (Å²) in [5.74, 6) is 1.43. The lowest BCUT2D eigenvalue weighted by Gasteiger charge is -2.29. The van der Waals surface area contributed by atoms with Crippen molar-refractivity contribution in [1.82, 2.24) is 4.90 Å². The van der Waals surface area contributed by atoms with Gasteiger partial charge in [-0.25, -0.2) is 0 Å². The van der Waals surface area contributed by atoms with Crippen LogP contribution in [0.25, 0.3) is 0 Å². The standard InChI is InChI=1S/C21H29NO3/c23-17-10-4-5-11-18(17)25-19-12-6-9-16-14-22(21(24)20(16)19)13-15-7-2-1-3-8-15/h6,9,12,15,17-18,23H,1-5,7-8,10-11,13-14H2/t17-,18-/m0/s1. The Kier molecular flexibility index (Phi) is 4.98. The fraction of sp³-hybridized carbons (Fsp3) is 0.667. The van der Waals surface area contributed by atoms with Crippen molar-refractivity contribution in [2.75, 3.05) is 6.54 Å². The van der Waals surface area contributed by atoms with E-state index in [0.29, 0.717) is 18.2 Å². The maximum atomic E-state index is 13.0. The van der Waals surface area contributed by atoms with E-state index >= 15 is 0 Å². The molecule has 1 N–H and O–H groups in total. The first-order valence-electron chi connectivity index (χ1n) is 9.98. The van der Waals surface area contributed by atoms with Gasteiger partial charge >= 0.3 is 0 Å². The van der Waals surface area contributed by atoms with E-state index < -0.39 is 6.10 Å². The average molecular weight is 343 g/mol. The molecule has 3 aliphatic rings. The molecule has 2 fully saturated rings. The maximum Gasteiger partial charge on any atom is 0.258 e. The minimum Gasteiger partial charge on any atom is -0.487 e. The van der Waals surface area contributed by atoms with Gasteiger partial charge < -0.3 is 14.7 Å². The Morgan fingerprint density at radius 1 is 1.04 bits per heavy atom. The zero-order valence-electron chi connectivity index (χ0n) is 15.0. The molecule has 4 heteroatoms. The third kappa shape index (κ3) is 3.55. The van der Waals surface area contributed by atoms with Crippen LogP contribution in [0.2, 0.25) is 0 Å². The summed E-state index contributed by atoms with van der Waals surface area (Å²) >= 11 is 0. The van der Waals surface area contributed by atoms with E-state index in [1.807, 2.05) is 23.1 Å². The Morgan fingerprint density at radius 3 is 2.60 bits per heavy atom. The van der Waals surface area contributed by atoms with Crippen LogP contribution in [0.4, 0.5) is 0 Å². The van der Waals surface area contributed by atoms with E-state index in [-0.39, 0.29) is 12.0 Å². The summed E-state index contributed by atoms with van der Waals surface area (Å²) in [5, 5.41) is 10.2. The van der Waals surface area contributed by atoms with Crippen LogP contribution < -0.4 is 4.74 Å². The lowest BCUT2D eigenvalue weighted by molar-refractivity contribution is 0.00635. The summed E-state index contributed by atoms with van der Waals surface area (Å²) in [6.07, 6.45) is 9.63. The number of hydrogen-bond acceptors (Lipinski definition) is 3. The molecule has 25 heavy (non-hydrogen) atoms. The number of benzene rings is 1. The second-order valence-electron chi connectivity index (χ2n) is 7.99. The van der Waals surface area contributed by atoms with E-state index in [1.54, 1.807) is 0 Å². The molecule has 1 aromatic carbocycles. The van der Waals surface area contributed by atoms with E-state index in [9.17, 15) is 9.90 Å². The normalized spacial score (nSPS) is 27.4. The van der Waals surface area contributed by atoms with Crippen molar-refractivity contribution < 1.29 is 14.6 Å². The molecule has 1 heterocycles. The SMILES string of the molecule is O=C1c2c(cccc2O[C@H]2CCCC[C@@H]2O)CN1CC1CCCCC1. The molecule has 0 aromatic heterocycles. The van der Waals surface area contributed by atoms with Crippen LogP contribution in [0.15, 0.2) is 18.2 Å². The van der Waals surface area contributed by atoms with Crippen molar-refractivity contribution in [3.05, 3.63) is 29.3 Å². The molecule has 1 amide bonds. The Bertz CT molecular complexity index is 624. The van der Waals surface area contributed by atoms with Crippen LogP contribution in [0.1, 0.15) is 73.7 Å². The third-order valence-electron chi connectivity index (χ3n) is 6.12. The van der Waals surface area contributed by atoms with E-state index in [2.05, 4.69) is 0 Å². The first-order valence-corrected chi connectivity index (χ1v) is 9.98. The Morgan fingerprint density at radius 2 is 1.80 bits per heavy atom. The van der Waals surface area contributed by atoms with Crippen LogP contribution in [-0.4, -0.2) is 34.7 Å². The summed E-state index contributed by atoms with van der Waals surface area (Å²) in [7, 11) is 0. The fourth-order valence-corrected chi connectivity index (χ4v) is 4.69. The molecular formula is C21H29NO3. The average Bonchev–Trinajstić information content (AvgIpc) is 2.95. The minimum atomic E-state index is -0.417. The Labute approximate surface area is 150 Å². The lowest BCUT2D eigenvalue weighted by atomic mass is 9.89. The number of aliphatic hydroxyl groups is 1. The van der Waals surface area contributed by atoms with Crippen molar-refractivity contribution in [3.8, 4) is 5.75 Å². The number of aliphatic hydroxyl groups excluding tert-OH is 1. The Balaban J connectivity index is 1.48. The molecule has 0 bridgehead atoms. The Hall–Kier alpha value is -1.55. The van der Waals surface area contributed by atoms with Crippen molar-refractivity contribution in [2.24, 2.45) is 5.92 Å². The van der Waals surface area contributed by atoms with E-state index in [0.717, 1.165) is 43.4 Å². The summed E-state index contributed by atoms with van der Waals surface area (Å²) in [6.45, 7) is 1.58. The van der Waals surface area contributed by atoms with Gasteiger partial charge in [0.25, 0.3) is 5.91 Å². The highest BCUT2D eigenvalue weighted by Gasteiger charge is 2.34. The highest BCUT2D eigenvalue weighted by atomic mass is 16.5. The predicted molar refractivity (Wildman–Crippen MR) is 96.6 cm³/mol. The summed E-state index contributed by atoms with van der Waals surface area (Å²) in [6, 6.07) is 5.90. The lowest BCUT2D eigenvalue weighted by Crippen LogP contribution is -2.35. The van der Waals surface area contributed by atoms with Gasteiger partial charge in [-0.3, -0.25) is 4.79 Å². The van der Waals surface area contributed by atoms with Crippen molar-refractivity contribution >= 4 is 5.91 Å². The molecule has 4 nitrogen and oxygen atoms in total. The molecule has 0 saturated heterocycles. The van der Waals surface area contributed by atoms with Crippen LogP contribution in [0.3, 0.4) is 0 Å². The molecular weight excluding hydrogens is 314 g/mol. The first-order chi connectivity index (χ1) is 12.2. The van der Waals surface area contributed by atoms with Crippen molar-refractivity contribution in [3.63, 3.8) is 0 Å². The number of hydrogen-bond donors (Lipinski definition) is 1. The van der Waals surface area contributed by atoms with Gasteiger partial charge in [0, 0.05) is 13.1 Å². The predicted octanol–water partition coefficient (Wildman–Crippen LogP) is 3.91. The van der Waals surface area contributed by atoms with E-state index in [1.165, 1.54) is 32.1 Å². The highest BCUT2D eigenvalue weighted by molar-refractivity contribution is 6.01. The van der Waals surface area contributed by atoms with Gasteiger partial charge in [-0.15, -0.1) is 0 Å². The van der Waals surface area contributed by atoms with Crippen LogP contribution >= 0.6 is 0 Å². The molecule has 0 unspecified atom stereocenters. The van der Waals surface area contributed by atoms with Gasteiger partial charge in [0.1, 0.15) is 11.9 Å². The second-order valence-corrected chi connectivity index (χ2v) is 7.99. The quantitative estimate of drug-likeness (QED) is 0.902. The number of carbonyl (C=O) groups is 1. The largest absolute Gasteiger partial charge is 0.487 e. The number of rotatable bonds is 4. The van der Waals surface area contributed by atoms with Gasteiger partial charge in [-0.05, 0) is 49.7 Å². The molecule has 2 aliphatic carbocycles. The molecule has 2 saturated carbocycles. The number of amides is 1. The minimum absolute atomic E-state index is 0.112. The number of nitrogens with zero attached hydrogens (tertiary/aromatic N) is 1. The van der Waals surface area contributed by atoms with Gasteiger partial charge in [0.15, 0.2) is 0 Å². The number of fused-ring (bicyclic) bond motifs is 1. The molecule has 1 aliphatic heterocycles. The molecule has 2 atom stereocenters. The van der Waals surface area contributed by atoms with Crippen LogP contribution in [0.5, 0.6) is 5.75 Å². The molecule has 1 aromatic rings. The smallest absolute Gasteiger partial charge is 0.258 e. The number of carbonyl (C=O) groups excluding carboxylic acids is 1. The highest BCUT2D eigenvalue weighted by Crippen LogP contribution is 2.35. The third-order valence-corrected chi connectivity index (χ3v) is 6.12. The van der Waals surface area contributed by atoms with Gasteiger partial charge in [0.2, 0.25) is 0 Å². The maximum absolute atomic E-state index is 13.0. The van der Waals surface area contributed by atoms with Crippen LogP contribution in [0, 0.1) is 5.92 Å². The van der Waals surface area contributed by atoms with Gasteiger partial charge in [0.05, 0.1) is 11.7 Å². The monoisotopic (exact) mass is 343 g/mol. The van der Waals surface area contributed by atoms with Crippen molar-refractivity contribution in [2.45, 2.75) is 76.5 Å².